The van der Waals surface area contributed by atoms with Gasteiger partial charge in [-0.1, -0.05) is 88.0 Å². The number of hydroxylamine groups is 2. The van der Waals surface area contributed by atoms with Gasteiger partial charge in [0.05, 0.1) is 6.61 Å². The molecule has 0 aliphatic carbocycles. The lowest BCUT2D eigenvalue weighted by Gasteiger charge is -2.21. The number of hydrogen-bond donors (Lipinski definition) is 0. The molecule has 0 atom stereocenters. The van der Waals surface area contributed by atoms with E-state index in [1.54, 1.807) is 24.1 Å². The van der Waals surface area contributed by atoms with Crippen LogP contribution in [0.2, 0.25) is 0 Å². The fourth-order valence-electron chi connectivity index (χ4n) is 3.70. The lowest BCUT2D eigenvalue weighted by atomic mass is 10.1. The molecule has 2 aromatic rings. The first kappa shape index (κ1) is 28.6. The van der Waals surface area contributed by atoms with Gasteiger partial charge in [-0.25, -0.2) is 9.18 Å². The van der Waals surface area contributed by atoms with E-state index in [4.69, 9.17) is 9.57 Å². The van der Waals surface area contributed by atoms with E-state index in [0.29, 0.717) is 19.7 Å². The molecular weight excluding hydrogens is 441 g/mol. The lowest BCUT2D eigenvalue weighted by molar-refractivity contribution is -0.193. The van der Waals surface area contributed by atoms with Gasteiger partial charge in [-0.15, -0.1) is 0 Å². The molecule has 35 heavy (non-hydrogen) atoms. The third kappa shape index (κ3) is 13.1. The fraction of sp³-hybridized carbons (Fsp3) is 0.500. The van der Waals surface area contributed by atoms with E-state index in [0.717, 1.165) is 29.5 Å². The van der Waals surface area contributed by atoms with Crippen LogP contribution in [0.3, 0.4) is 0 Å². The van der Waals surface area contributed by atoms with Crippen LogP contribution in [0.5, 0.6) is 0 Å². The maximum atomic E-state index is 13.2. The third-order valence-corrected chi connectivity index (χ3v) is 5.64. The van der Waals surface area contributed by atoms with Crippen molar-refractivity contribution in [3.05, 3.63) is 71.0 Å². The van der Waals surface area contributed by atoms with Gasteiger partial charge in [0, 0.05) is 25.1 Å². The predicted octanol–water partition coefficient (Wildman–Crippen LogP) is 7.20. The zero-order valence-electron chi connectivity index (χ0n) is 21.4. The molecule has 2 rings (SSSR count). The van der Waals surface area contributed by atoms with Gasteiger partial charge in [0.2, 0.25) is 0 Å². The first-order valence-electron chi connectivity index (χ1n) is 13.0. The highest BCUT2D eigenvalue weighted by Crippen LogP contribution is 2.13. The Balaban J connectivity index is 1.82. The first-order valence-corrected chi connectivity index (χ1v) is 13.0. The molecule has 0 amide bonds. The number of unbranched alkanes of at least 4 members (excludes halogenated alkanes) is 8. The van der Waals surface area contributed by atoms with E-state index < -0.39 is 5.97 Å². The van der Waals surface area contributed by atoms with E-state index in [1.807, 2.05) is 24.3 Å². The van der Waals surface area contributed by atoms with Crippen LogP contribution in [-0.4, -0.2) is 24.2 Å². The molecule has 0 radical (unpaired) electrons. The van der Waals surface area contributed by atoms with Crippen molar-refractivity contribution in [3.63, 3.8) is 0 Å². The number of rotatable bonds is 16. The summed E-state index contributed by atoms with van der Waals surface area (Å²) in [5, 5.41) is 1.69. The van der Waals surface area contributed by atoms with E-state index in [1.165, 1.54) is 57.1 Å². The topological polar surface area (TPSA) is 38.8 Å². The van der Waals surface area contributed by atoms with E-state index in [2.05, 4.69) is 18.8 Å². The van der Waals surface area contributed by atoms with E-state index >= 15 is 0 Å². The Morgan fingerprint density at radius 1 is 0.829 bits per heavy atom. The second-order valence-electron chi connectivity index (χ2n) is 8.73. The molecule has 0 N–H and O–H groups in total. The molecule has 0 aliphatic heterocycles. The van der Waals surface area contributed by atoms with Crippen LogP contribution in [0.1, 0.15) is 88.3 Å². The van der Waals surface area contributed by atoms with Crippen molar-refractivity contribution < 1.29 is 18.8 Å². The zero-order chi connectivity index (χ0) is 25.1. The maximum absolute atomic E-state index is 13.2. The quantitative estimate of drug-likeness (QED) is 0.110. The molecule has 0 heterocycles. The molecule has 2 aromatic carbocycles. The standard InChI is InChI=1S/C30H40FNO3/c1-3-5-6-7-8-9-10-11-12-13-14-26-15-17-27(18-16-26)23-32(35-25-30(33)34-4-2)24-28-19-21-29(31)22-20-28/h15-22H,3-12,23-25H2,1-2H3. The summed E-state index contributed by atoms with van der Waals surface area (Å²) in [6.45, 7) is 5.04. The summed E-state index contributed by atoms with van der Waals surface area (Å²) in [5.74, 6) is 5.84. The number of halogens is 1. The number of nitrogens with zero attached hydrogens (tertiary/aromatic N) is 1. The molecule has 4 nitrogen and oxygen atoms in total. The van der Waals surface area contributed by atoms with E-state index in [-0.39, 0.29) is 12.4 Å². The van der Waals surface area contributed by atoms with Gasteiger partial charge in [0.25, 0.3) is 0 Å². The van der Waals surface area contributed by atoms with Crippen LogP contribution >= 0.6 is 0 Å². The predicted molar refractivity (Wildman–Crippen MR) is 139 cm³/mol. The minimum absolute atomic E-state index is 0.169. The lowest BCUT2D eigenvalue weighted by Crippen LogP contribution is -2.27. The molecule has 0 saturated heterocycles. The van der Waals surface area contributed by atoms with Gasteiger partial charge >= 0.3 is 5.97 Å². The highest BCUT2D eigenvalue weighted by molar-refractivity contribution is 5.70. The molecule has 0 bridgehead atoms. The molecule has 0 saturated carbocycles. The Morgan fingerprint density at radius 3 is 2.00 bits per heavy atom. The number of esters is 1. The van der Waals surface area contributed by atoms with Gasteiger partial charge < -0.3 is 4.74 Å². The summed E-state index contributed by atoms with van der Waals surface area (Å²) in [6, 6.07) is 14.3. The summed E-state index contributed by atoms with van der Waals surface area (Å²) < 4.78 is 18.2. The maximum Gasteiger partial charge on any atom is 0.334 e. The van der Waals surface area contributed by atoms with Crippen LogP contribution in [0.4, 0.5) is 4.39 Å². The molecule has 0 spiro atoms. The smallest absolute Gasteiger partial charge is 0.334 e. The third-order valence-electron chi connectivity index (χ3n) is 5.64. The SMILES string of the molecule is CCCCCCCCCCC#Cc1ccc(CN(Cc2ccc(F)cc2)OCC(=O)OCC)cc1. The van der Waals surface area contributed by atoms with Crippen molar-refractivity contribution in [2.45, 2.75) is 84.7 Å². The van der Waals surface area contributed by atoms with Gasteiger partial charge in [-0.2, -0.15) is 5.06 Å². The first-order chi connectivity index (χ1) is 17.1. The fourth-order valence-corrected chi connectivity index (χ4v) is 3.70. The largest absolute Gasteiger partial charge is 0.464 e. The molecule has 190 valence electrons. The number of hydrogen-bond acceptors (Lipinski definition) is 4. The second-order valence-corrected chi connectivity index (χ2v) is 8.73. The summed E-state index contributed by atoms with van der Waals surface area (Å²) >= 11 is 0. The van der Waals surface area contributed by atoms with Crippen LogP contribution in [0.15, 0.2) is 48.5 Å². The zero-order valence-corrected chi connectivity index (χ0v) is 21.4. The van der Waals surface area contributed by atoms with Crippen molar-refractivity contribution >= 4 is 5.97 Å². The van der Waals surface area contributed by atoms with Gasteiger partial charge in [0.1, 0.15) is 5.82 Å². The van der Waals surface area contributed by atoms with Crippen LogP contribution in [-0.2, 0) is 27.5 Å². The molecule has 0 unspecified atom stereocenters. The van der Waals surface area contributed by atoms with Crippen molar-refractivity contribution in [3.8, 4) is 11.8 Å². The number of carbonyl (C=O) groups is 1. The van der Waals surface area contributed by atoms with Crippen LogP contribution in [0, 0.1) is 17.7 Å². The van der Waals surface area contributed by atoms with Gasteiger partial charge in [0.15, 0.2) is 6.61 Å². The Hall–Kier alpha value is -2.68. The van der Waals surface area contributed by atoms with Crippen LogP contribution in [0.25, 0.3) is 0 Å². The minimum Gasteiger partial charge on any atom is -0.464 e. The van der Waals surface area contributed by atoms with Crippen LogP contribution < -0.4 is 0 Å². The second kappa shape index (κ2) is 17.7. The summed E-state index contributed by atoms with van der Waals surface area (Å²) in [5.41, 5.74) is 2.91. The van der Waals surface area contributed by atoms with Crippen molar-refractivity contribution in [2.24, 2.45) is 0 Å². The summed E-state index contributed by atoms with van der Waals surface area (Å²) in [7, 11) is 0. The van der Waals surface area contributed by atoms with Crippen molar-refractivity contribution in [1.29, 1.82) is 0 Å². The number of ether oxygens (including phenoxy) is 1. The highest BCUT2D eigenvalue weighted by atomic mass is 19.1. The Kier molecular flexibility index (Phi) is 14.5. The highest BCUT2D eigenvalue weighted by Gasteiger charge is 2.12. The van der Waals surface area contributed by atoms with E-state index in [9.17, 15) is 9.18 Å². The molecule has 5 heteroatoms. The Bertz CT molecular complexity index is 900. The number of carbonyl (C=O) groups excluding carboxylic acids is 1. The monoisotopic (exact) mass is 481 g/mol. The summed E-state index contributed by atoms with van der Waals surface area (Å²) in [4.78, 5) is 17.4. The molecule has 0 aliphatic rings. The number of benzene rings is 2. The minimum atomic E-state index is -0.418. The van der Waals surface area contributed by atoms with Gasteiger partial charge in [-0.3, -0.25) is 4.84 Å². The molecule has 0 aromatic heterocycles. The summed E-state index contributed by atoms with van der Waals surface area (Å²) in [6.07, 6.45) is 11.4. The van der Waals surface area contributed by atoms with Gasteiger partial charge in [-0.05, 0) is 48.7 Å². The molecular formula is C30H40FNO3. The normalized spacial score (nSPS) is 10.7. The Labute approximate surface area is 210 Å². The van der Waals surface area contributed by atoms with Crippen molar-refractivity contribution in [2.75, 3.05) is 13.2 Å². The van der Waals surface area contributed by atoms with Crippen molar-refractivity contribution in [1.82, 2.24) is 5.06 Å². The molecule has 0 fully saturated rings. The average Bonchev–Trinajstić information content (AvgIpc) is 2.86. The average molecular weight is 482 g/mol. The Morgan fingerprint density at radius 2 is 1.40 bits per heavy atom.